The van der Waals surface area contributed by atoms with Crippen molar-refractivity contribution in [2.75, 3.05) is 5.32 Å². The van der Waals surface area contributed by atoms with Crippen molar-refractivity contribution < 1.29 is 9.18 Å². The van der Waals surface area contributed by atoms with E-state index in [-0.39, 0.29) is 18.1 Å². The second kappa shape index (κ2) is 4.90. The van der Waals surface area contributed by atoms with E-state index < -0.39 is 0 Å². The Hall–Kier alpha value is -1.68. The van der Waals surface area contributed by atoms with Gasteiger partial charge in [0, 0.05) is 5.38 Å². The van der Waals surface area contributed by atoms with Crippen molar-refractivity contribution in [2.24, 2.45) is 0 Å². The highest BCUT2D eigenvalue weighted by Gasteiger charge is 2.04. The zero-order valence-corrected chi connectivity index (χ0v) is 9.26. The van der Waals surface area contributed by atoms with Crippen molar-refractivity contribution in [2.45, 2.75) is 6.42 Å². The molecule has 0 unspecified atom stereocenters. The number of amides is 1. The Balaban J connectivity index is 1.95. The molecule has 0 radical (unpaired) electrons. The number of rotatable bonds is 3. The van der Waals surface area contributed by atoms with Crippen LogP contribution in [0.3, 0.4) is 0 Å². The largest absolute Gasteiger partial charge is 0.325 e. The van der Waals surface area contributed by atoms with Crippen LogP contribution in [0.25, 0.3) is 0 Å². The van der Waals surface area contributed by atoms with Gasteiger partial charge in [-0.1, -0.05) is 12.1 Å². The van der Waals surface area contributed by atoms with E-state index in [0.29, 0.717) is 0 Å². The van der Waals surface area contributed by atoms with Crippen LogP contribution in [-0.4, -0.2) is 5.91 Å². The average molecular weight is 235 g/mol. The van der Waals surface area contributed by atoms with Gasteiger partial charge in [-0.15, -0.1) is 0 Å². The molecule has 0 saturated carbocycles. The van der Waals surface area contributed by atoms with Crippen molar-refractivity contribution in [1.29, 1.82) is 0 Å². The van der Waals surface area contributed by atoms with Gasteiger partial charge in [0.1, 0.15) is 5.82 Å². The minimum absolute atomic E-state index is 0.0926. The molecular formula is C12H10FNOS. The summed E-state index contributed by atoms with van der Waals surface area (Å²) in [6.07, 6.45) is 0.260. The number of benzene rings is 1. The molecule has 0 aliphatic rings. The fourth-order valence-electron chi connectivity index (χ4n) is 1.33. The van der Waals surface area contributed by atoms with E-state index in [1.807, 2.05) is 16.8 Å². The van der Waals surface area contributed by atoms with E-state index in [2.05, 4.69) is 5.32 Å². The average Bonchev–Trinajstić information content (AvgIpc) is 2.74. The van der Waals surface area contributed by atoms with Gasteiger partial charge in [0.25, 0.3) is 0 Å². The van der Waals surface area contributed by atoms with Crippen LogP contribution < -0.4 is 5.32 Å². The van der Waals surface area contributed by atoms with Crippen molar-refractivity contribution in [1.82, 2.24) is 0 Å². The third-order valence-electron chi connectivity index (χ3n) is 2.08. The lowest BCUT2D eigenvalue weighted by molar-refractivity contribution is -0.115. The van der Waals surface area contributed by atoms with Gasteiger partial charge < -0.3 is 5.32 Å². The molecule has 16 heavy (non-hydrogen) atoms. The Labute approximate surface area is 96.7 Å². The predicted molar refractivity (Wildman–Crippen MR) is 63.1 cm³/mol. The number of hydrogen-bond acceptors (Lipinski definition) is 2. The molecule has 2 aromatic rings. The number of anilines is 1. The van der Waals surface area contributed by atoms with Gasteiger partial charge in [-0.2, -0.15) is 11.3 Å². The number of hydrogen-bond donors (Lipinski definition) is 1. The summed E-state index contributed by atoms with van der Waals surface area (Å²) in [4.78, 5) is 11.6. The molecule has 0 aliphatic carbocycles. The molecule has 1 heterocycles. The highest BCUT2D eigenvalue weighted by atomic mass is 32.1. The van der Waals surface area contributed by atoms with Gasteiger partial charge in [-0.3, -0.25) is 4.79 Å². The maximum absolute atomic E-state index is 12.6. The molecule has 1 aromatic carbocycles. The molecule has 0 bridgehead atoms. The molecule has 1 N–H and O–H groups in total. The van der Waals surface area contributed by atoms with Crippen molar-refractivity contribution in [3.63, 3.8) is 0 Å². The second-order valence-electron chi connectivity index (χ2n) is 3.36. The van der Waals surface area contributed by atoms with Crippen LogP contribution in [0, 0.1) is 5.82 Å². The van der Waals surface area contributed by atoms with Crippen LogP contribution in [0.2, 0.25) is 0 Å². The molecule has 1 amide bonds. The summed E-state index contributed by atoms with van der Waals surface area (Å²) in [7, 11) is 0. The Morgan fingerprint density at radius 2 is 2.00 bits per heavy atom. The standard InChI is InChI=1S/C12H10FNOS/c13-10-3-1-9(2-4-10)7-12(15)14-11-5-6-16-8-11/h1-6,8H,7H2,(H,14,15). The highest BCUT2D eigenvalue weighted by molar-refractivity contribution is 7.08. The van der Waals surface area contributed by atoms with E-state index >= 15 is 0 Å². The van der Waals surface area contributed by atoms with Crippen LogP contribution in [-0.2, 0) is 11.2 Å². The molecule has 0 spiro atoms. The van der Waals surface area contributed by atoms with E-state index in [0.717, 1.165) is 11.3 Å². The first-order valence-electron chi connectivity index (χ1n) is 4.80. The predicted octanol–water partition coefficient (Wildman–Crippen LogP) is 3.07. The van der Waals surface area contributed by atoms with Crippen molar-refractivity contribution >= 4 is 22.9 Å². The maximum atomic E-state index is 12.6. The second-order valence-corrected chi connectivity index (χ2v) is 4.14. The summed E-state index contributed by atoms with van der Waals surface area (Å²) in [5.74, 6) is -0.382. The van der Waals surface area contributed by atoms with Crippen molar-refractivity contribution in [3.05, 3.63) is 52.5 Å². The molecular weight excluding hydrogens is 225 g/mol. The van der Waals surface area contributed by atoms with E-state index in [1.54, 1.807) is 12.1 Å². The van der Waals surface area contributed by atoms with Gasteiger partial charge in [0.2, 0.25) is 5.91 Å². The van der Waals surface area contributed by atoms with Gasteiger partial charge in [-0.25, -0.2) is 4.39 Å². The van der Waals surface area contributed by atoms with Crippen LogP contribution in [0.15, 0.2) is 41.1 Å². The molecule has 0 aliphatic heterocycles. The van der Waals surface area contributed by atoms with Gasteiger partial charge >= 0.3 is 0 Å². The molecule has 82 valence electrons. The quantitative estimate of drug-likeness (QED) is 0.870. The smallest absolute Gasteiger partial charge is 0.228 e. The summed E-state index contributed by atoms with van der Waals surface area (Å²) in [6.45, 7) is 0. The summed E-state index contributed by atoms with van der Waals surface area (Å²) in [5, 5.41) is 6.52. The Kier molecular flexibility index (Phi) is 3.31. The Morgan fingerprint density at radius 1 is 1.25 bits per heavy atom. The summed E-state index contributed by atoms with van der Waals surface area (Å²) < 4.78 is 12.6. The number of nitrogens with one attached hydrogen (secondary N) is 1. The highest BCUT2D eigenvalue weighted by Crippen LogP contribution is 2.12. The Morgan fingerprint density at radius 3 is 2.62 bits per heavy atom. The topological polar surface area (TPSA) is 29.1 Å². The maximum Gasteiger partial charge on any atom is 0.228 e. The van der Waals surface area contributed by atoms with Crippen LogP contribution in [0.5, 0.6) is 0 Å². The molecule has 2 rings (SSSR count). The summed E-state index contributed by atoms with van der Waals surface area (Å²) >= 11 is 1.53. The first-order chi connectivity index (χ1) is 7.74. The lowest BCUT2D eigenvalue weighted by Crippen LogP contribution is -2.13. The summed E-state index contributed by atoms with van der Waals surface area (Å²) in [6, 6.07) is 7.78. The molecule has 1 aromatic heterocycles. The first-order valence-corrected chi connectivity index (χ1v) is 5.75. The van der Waals surface area contributed by atoms with E-state index in [1.165, 1.54) is 23.5 Å². The molecule has 0 saturated heterocycles. The minimum atomic E-state index is -0.290. The van der Waals surface area contributed by atoms with Crippen LogP contribution in [0.4, 0.5) is 10.1 Å². The SMILES string of the molecule is O=C(Cc1ccc(F)cc1)Nc1ccsc1. The van der Waals surface area contributed by atoms with E-state index in [4.69, 9.17) is 0 Å². The van der Waals surface area contributed by atoms with Crippen LogP contribution >= 0.6 is 11.3 Å². The fraction of sp³-hybridized carbons (Fsp3) is 0.0833. The number of halogens is 1. The fourth-order valence-corrected chi connectivity index (χ4v) is 1.92. The number of carbonyl (C=O) groups excluding carboxylic acids is 1. The van der Waals surface area contributed by atoms with Crippen molar-refractivity contribution in [3.8, 4) is 0 Å². The van der Waals surface area contributed by atoms with Crippen LogP contribution in [0.1, 0.15) is 5.56 Å². The van der Waals surface area contributed by atoms with Gasteiger partial charge in [0.15, 0.2) is 0 Å². The lowest BCUT2D eigenvalue weighted by atomic mass is 10.1. The van der Waals surface area contributed by atoms with Gasteiger partial charge in [-0.05, 0) is 29.1 Å². The normalized spacial score (nSPS) is 10.1. The first kappa shape index (κ1) is 10.8. The number of carbonyl (C=O) groups is 1. The minimum Gasteiger partial charge on any atom is -0.325 e. The van der Waals surface area contributed by atoms with E-state index in [9.17, 15) is 9.18 Å². The number of thiophene rings is 1. The zero-order valence-electron chi connectivity index (χ0n) is 8.44. The monoisotopic (exact) mass is 235 g/mol. The molecule has 2 nitrogen and oxygen atoms in total. The van der Waals surface area contributed by atoms with Gasteiger partial charge in [0.05, 0.1) is 12.1 Å². The Bertz CT molecular complexity index is 464. The zero-order chi connectivity index (χ0) is 11.4. The molecule has 4 heteroatoms. The third kappa shape index (κ3) is 2.90. The molecule has 0 fully saturated rings. The summed E-state index contributed by atoms with van der Waals surface area (Å²) in [5.41, 5.74) is 1.60. The molecule has 0 atom stereocenters. The lowest BCUT2D eigenvalue weighted by Gasteiger charge is -2.02. The third-order valence-corrected chi connectivity index (χ3v) is 2.77.